The van der Waals surface area contributed by atoms with Crippen LogP contribution < -0.4 is 4.74 Å². The van der Waals surface area contributed by atoms with Crippen LogP contribution in [0.3, 0.4) is 0 Å². The number of benzene rings is 1. The average molecular weight is 278 g/mol. The normalized spacial score (nSPS) is 13.6. The number of esters is 1. The second-order valence-electron chi connectivity index (χ2n) is 5.24. The van der Waals surface area contributed by atoms with Crippen molar-refractivity contribution in [3.8, 4) is 5.75 Å². The molecule has 0 unspecified atom stereocenters. The van der Waals surface area contributed by atoms with Gasteiger partial charge in [0.2, 0.25) is 0 Å². The summed E-state index contributed by atoms with van der Waals surface area (Å²) >= 11 is 0. The summed E-state index contributed by atoms with van der Waals surface area (Å²) in [5.41, 5.74) is 1.32. The lowest BCUT2D eigenvalue weighted by molar-refractivity contribution is -0.149. The summed E-state index contributed by atoms with van der Waals surface area (Å²) < 4.78 is 10.9. The predicted octanol–water partition coefficient (Wildman–Crippen LogP) is 4.31. The smallest absolute Gasteiger partial charge is 0.306 e. The first kappa shape index (κ1) is 16.5. The molecule has 0 aliphatic rings. The molecule has 3 nitrogen and oxygen atoms in total. The Morgan fingerprint density at radius 2 is 1.80 bits per heavy atom. The third kappa shape index (κ3) is 5.64. The SMILES string of the molecule is CCCC(=O)O[C@@H](C)COc1ccc([C@@H](C)CC)cc1. The van der Waals surface area contributed by atoms with Crippen molar-refractivity contribution in [2.75, 3.05) is 6.61 Å². The largest absolute Gasteiger partial charge is 0.490 e. The van der Waals surface area contributed by atoms with Gasteiger partial charge in [-0.05, 0) is 43.4 Å². The Morgan fingerprint density at radius 1 is 1.15 bits per heavy atom. The Balaban J connectivity index is 2.39. The molecule has 1 aromatic carbocycles. The van der Waals surface area contributed by atoms with Gasteiger partial charge in [0.1, 0.15) is 18.5 Å². The minimum atomic E-state index is -0.219. The van der Waals surface area contributed by atoms with Gasteiger partial charge in [-0.2, -0.15) is 0 Å². The van der Waals surface area contributed by atoms with Gasteiger partial charge < -0.3 is 9.47 Å². The van der Waals surface area contributed by atoms with E-state index >= 15 is 0 Å². The van der Waals surface area contributed by atoms with Crippen LogP contribution in [-0.2, 0) is 9.53 Å². The van der Waals surface area contributed by atoms with E-state index in [0.717, 1.165) is 18.6 Å². The predicted molar refractivity (Wildman–Crippen MR) is 81.1 cm³/mol. The van der Waals surface area contributed by atoms with E-state index in [0.29, 0.717) is 18.9 Å². The van der Waals surface area contributed by atoms with Crippen LogP contribution in [0.15, 0.2) is 24.3 Å². The van der Waals surface area contributed by atoms with Crippen LogP contribution in [0.25, 0.3) is 0 Å². The van der Waals surface area contributed by atoms with E-state index in [-0.39, 0.29) is 12.1 Å². The van der Waals surface area contributed by atoms with Crippen molar-refractivity contribution < 1.29 is 14.3 Å². The molecule has 0 spiro atoms. The van der Waals surface area contributed by atoms with Crippen LogP contribution in [0, 0.1) is 0 Å². The van der Waals surface area contributed by atoms with E-state index in [1.807, 2.05) is 26.0 Å². The summed E-state index contributed by atoms with van der Waals surface area (Å²) in [5, 5.41) is 0. The molecular formula is C17H26O3. The highest BCUT2D eigenvalue weighted by molar-refractivity contribution is 5.69. The zero-order chi connectivity index (χ0) is 15.0. The highest BCUT2D eigenvalue weighted by Crippen LogP contribution is 2.21. The number of rotatable bonds is 8. The Hall–Kier alpha value is -1.51. The Labute approximate surface area is 122 Å². The molecule has 20 heavy (non-hydrogen) atoms. The van der Waals surface area contributed by atoms with Crippen LogP contribution in [0.4, 0.5) is 0 Å². The first-order valence-electron chi connectivity index (χ1n) is 7.49. The molecule has 0 bridgehead atoms. The summed E-state index contributed by atoms with van der Waals surface area (Å²) in [6.45, 7) is 8.59. The maximum atomic E-state index is 11.3. The van der Waals surface area contributed by atoms with Gasteiger partial charge in [-0.25, -0.2) is 0 Å². The van der Waals surface area contributed by atoms with Gasteiger partial charge in [-0.15, -0.1) is 0 Å². The number of carbonyl (C=O) groups is 1. The molecule has 0 amide bonds. The molecular weight excluding hydrogens is 252 g/mol. The van der Waals surface area contributed by atoms with E-state index in [9.17, 15) is 4.79 Å². The Kier molecular flexibility index (Phi) is 7.13. The van der Waals surface area contributed by atoms with Gasteiger partial charge in [-0.1, -0.05) is 32.9 Å². The van der Waals surface area contributed by atoms with Gasteiger partial charge >= 0.3 is 5.97 Å². The van der Waals surface area contributed by atoms with Gasteiger partial charge in [0.05, 0.1) is 0 Å². The van der Waals surface area contributed by atoms with E-state index in [4.69, 9.17) is 9.47 Å². The van der Waals surface area contributed by atoms with Gasteiger partial charge in [0.25, 0.3) is 0 Å². The highest BCUT2D eigenvalue weighted by Gasteiger charge is 2.09. The zero-order valence-corrected chi connectivity index (χ0v) is 13.0. The van der Waals surface area contributed by atoms with Gasteiger partial charge in [0.15, 0.2) is 0 Å². The van der Waals surface area contributed by atoms with E-state index in [2.05, 4.69) is 26.0 Å². The maximum Gasteiger partial charge on any atom is 0.306 e. The zero-order valence-electron chi connectivity index (χ0n) is 13.0. The second kappa shape index (κ2) is 8.62. The fourth-order valence-electron chi connectivity index (χ4n) is 1.86. The lowest BCUT2D eigenvalue weighted by Crippen LogP contribution is -2.21. The fraction of sp³-hybridized carbons (Fsp3) is 0.588. The summed E-state index contributed by atoms with van der Waals surface area (Å²) in [6, 6.07) is 8.14. The topological polar surface area (TPSA) is 35.5 Å². The molecule has 2 atom stereocenters. The van der Waals surface area contributed by atoms with Crippen molar-refractivity contribution in [1.82, 2.24) is 0 Å². The summed E-state index contributed by atoms with van der Waals surface area (Å²) in [6.07, 6.45) is 2.19. The first-order chi connectivity index (χ1) is 9.56. The molecule has 0 heterocycles. The van der Waals surface area contributed by atoms with Gasteiger partial charge in [0, 0.05) is 6.42 Å². The van der Waals surface area contributed by atoms with Crippen LogP contribution in [0.1, 0.15) is 58.4 Å². The van der Waals surface area contributed by atoms with Crippen molar-refractivity contribution in [3.05, 3.63) is 29.8 Å². The molecule has 0 aliphatic carbocycles. The lowest BCUT2D eigenvalue weighted by Gasteiger charge is -2.15. The molecule has 1 rings (SSSR count). The lowest BCUT2D eigenvalue weighted by atomic mass is 9.99. The van der Waals surface area contributed by atoms with E-state index in [1.54, 1.807) is 0 Å². The monoisotopic (exact) mass is 278 g/mol. The first-order valence-corrected chi connectivity index (χ1v) is 7.49. The average Bonchev–Trinajstić information content (AvgIpc) is 2.45. The van der Waals surface area contributed by atoms with Crippen molar-refractivity contribution in [1.29, 1.82) is 0 Å². The Morgan fingerprint density at radius 3 is 2.35 bits per heavy atom. The van der Waals surface area contributed by atoms with Crippen LogP contribution >= 0.6 is 0 Å². The molecule has 3 heteroatoms. The third-order valence-corrected chi connectivity index (χ3v) is 3.33. The van der Waals surface area contributed by atoms with Crippen molar-refractivity contribution in [2.45, 2.75) is 59.0 Å². The maximum absolute atomic E-state index is 11.3. The van der Waals surface area contributed by atoms with E-state index < -0.39 is 0 Å². The quantitative estimate of drug-likeness (QED) is 0.665. The van der Waals surface area contributed by atoms with Crippen LogP contribution in [0.5, 0.6) is 5.75 Å². The standard InChI is InChI=1S/C17H26O3/c1-5-7-17(18)20-14(4)12-19-16-10-8-15(9-11-16)13(3)6-2/h8-11,13-14H,5-7,12H2,1-4H3/t13-,14-/m0/s1. The van der Waals surface area contributed by atoms with E-state index in [1.165, 1.54) is 5.56 Å². The minimum absolute atomic E-state index is 0.157. The molecule has 0 saturated carbocycles. The fourth-order valence-corrected chi connectivity index (χ4v) is 1.86. The molecule has 0 fully saturated rings. The van der Waals surface area contributed by atoms with Crippen molar-refractivity contribution in [3.63, 3.8) is 0 Å². The number of hydrogen-bond donors (Lipinski definition) is 0. The summed E-state index contributed by atoms with van der Waals surface area (Å²) in [4.78, 5) is 11.3. The molecule has 0 radical (unpaired) electrons. The van der Waals surface area contributed by atoms with Crippen molar-refractivity contribution >= 4 is 5.97 Å². The molecule has 0 aliphatic heterocycles. The second-order valence-corrected chi connectivity index (χ2v) is 5.24. The van der Waals surface area contributed by atoms with Gasteiger partial charge in [-0.3, -0.25) is 4.79 Å². The molecule has 112 valence electrons. The van der Waals surface area contributed by atoms with Crippen LogP contribution in [-0.4, -0.2) is 18.7 Å². The highest BCUT2D eigenvalue weighted by atomic mass is 16.6. The number of hydrogen-bond acceptors (Lipinski definition) is 3. The minimum Gasteiger partial charge on any atom is -0.490 e. The summed E-state index contributed by atoms with van der Waals surface area (Å²) in [5.74, 6) is 1.23. The molecule has 1 aromatic rings. The third-order valence-electron chi connectivity index (χ3n) is 3.33. The molecule has 0 aromatic heterocycles. The van der Waals surface area contributed by atoms with Crippen molar-refractivity contribution in [2.24, 2.45) is 0 Å². The molecule has 0 saturated heterocycles. The Bertz CT molecular complexity index is 397. The molecule has 0 N–H and O–H groups in total. The summed E-state index contributed by atoms with van der Waals surface area (Å²) in [7, 11) is 0. The van der Waals surface area contributed by atoms with Crippen LogP contribution in [0.2, 0.25) is 0 Å². The number of ether oxygens (including phenoxy) is 2. The number of carbonyl (C=O) groups excluding carboxylic acids is 1.